The lowest BCUT2D eigenvalue weighted by Crippen LogP contribution is -2.51. The summed E-state index contributed by atoms with van der Waals surface area (Å²) < 4.78 is 26.5. The van der Waals surface area contributed by atoms with E-state index < -0.39 is 11.6 Å². The van der Waals surface area contributed by atoms with Crippen LogP contribution in [0.4, 0.5) is 8.78 Å². The minimum Gasteiger partial charge on any atom is -0.314 e. The minimum absolute atomic E-state index is 0.0475. The second-order valence-corrected chi connectivity index (χ2v) is 5.79. The smallest absolute Gasteiger partial charge is 0.159 e. The second-order valence-electron chi connectivity index (χ2n) is 5.79. The van der Waals surface area contributed by atoms with Crippen LogP contribution in [-0.4, -0.2) is 37.6 Å². The molecule has 1 aromatic carbocycles. The van der Waals surface area contributed by atoms with Gasteiger partial charge in [-0.15, -0.1) is 0 Å². The lowest BCUT2D eigenvalue weighted by molar-refractivity contribution is 0.128. The summed E-state index contributed by atoms with van der Waals surface area (Å²) in [6.07, 6.45) is 3.36. The molecule has 1 aliphatic carbocycles. The molecule has 3 rings (SSSR count). The van der Waals surface area contributed by atoms with Crippen LogP contribution < -0.4 is 5.32 Å². The molecule has 0 atom stereocenters. The fourth-order valence-electron chi connectivity index (χ4n) is 3.26. The topological polar surface area (TPSA) is 15.3 Å². The monoisotopic (exact) mass is 266 g/mol. The molecule has 0 bridgehead atoms. The van der Waals surface area contributed by atoms with Crippen molar-refractivity contribution in [1.82, 2.24) is 10.2 Å². The van der Waals surface area contributed by atoms with Crippen LogP contribution in [-0.2, 0) is 5.41 Å². The van der Waals surface area contributed by atoms with Gasteiger partial charge >= 0.3 is 0 Å². The van der Waals surface area contributed by atoms with E-state index in [1.807, 2.05) is 0 Å². The zero-order chi connectivity index (χ0) is 13.3. The van der Waals surface area contributed by atoms with Crippen LogP contribution >= 0.6 is 0 Å². The number of hydrogen-bond acceptors (Lipinski definition) is 2. The molecule has 1 heterocycles. The van der Waals surface area contributed by atoms with Gasteiger partial charge in [0.1, 0.15) is 0 Å². The highest BCUT2D eigenvalue weighted by atomic mass is 19.2. The Hall–Kier alpha value is -1.00. The average Bonchev–Trinajstić information content (AvgIpc) is 2.38. The molecule has 2 aliphatic rings. The number of benzene rings is 1. The van der Waals surface area contributed by atoms with Gasteiger partial charge in [0.05, 0.1) is 0 Å². The summed E-state index contributed by atoms with van der Waals surface area (Å²) in [5, 5.41) is 3.34. The number of rotatable bonds is 3. The molecule has 1 aromatic rings. The van der Waals surface area contributed by atoms with E-state index in [4.69, 9.17) is 0 Å². The van der Waals surface area contributed by atoms with Gasteiger partial charge in [0.2, 0.25) is 0 Å². The largest absolute Gasteiger partial charge is 0.314 e. The lowest BCUT2D eigenvalue weighted by Gasteiger charge is -2.46. The summed E-state index contributed by atoms with van der Waals surface area (Å²) in [5.74, 6) is -1.47. The number of piperazine rings is 1. The normalized spacial score (nSPS) is 23.1. The fourth-order valence-corrected chi connectivity index (χ4v) is 3.26. The van der Waals surface area contributed by atoms with Gasteiger partial charge in [-0.1, -0.05) is 12.5 Å². The van der Waals surface area contributed by atoms with E-state index in [9.17, 15) is 8.78 Å². The Labute approximate surface area is 112 Å². The summed E-state index contributed by atoms with van der Waals surface area (Å²) in [5.41, 5.74) is 1.02. The molecule has 1 N–H and O–H groups in total. The Morgan fingerprint density at radius 1 is 1.11 bits per heavy atom. The van der Waals surface area contributed by atoms with Crippen molar-refractivity contribution in [2.24, 2.45) is 0 Å². The average molecular weight is 266 g/mol. The number of nitrogens with zero attached hydrogens (tertiary/aromatic N) is 1. The van der Waals surface area contributed by atoms with E-state index in [1.54, 1.807) is 6.07 Å². The van der Waals surface area contributed by atoms with E-state index in [0.29, 0.717) is 0 Å². The Morgan fingerprint density at radius 3 is 2.42 bits per heavy atom. The molecule has 4 heteroatoms. The predicted octanol–water partition coefficient (Wildman–Crippen LogP) is 2.29. The van der Waals surface area contributed by atoms with Crippen molar-refractivity contribution in [3.05, 3.63) is 35.4 Å². The van der Waals surface area contributed by atoms with Gasteiger partial charge in [0.15, 0.2) is 11.6 Å². The maximum atomic E-state index is 13.4. The second kappa shape index (κ2) is 5.17. The molecule has 1 aliphatic heterocycles. The first-order valence-electron chi connectivity index (χ1n) is 7.08. The third-order valence-electron chi connectivity index (χ3n) is 4.58. The third-order valence-corrected chi connectivity index (χ3v) is 4.58. The van der Waals surface area contributed by atoms with E-state index in [-0.39, 0.29) is 5.41 Å². The Morgan fingerprint density at radius 2 is 1.84 bits per heavy atom. The Bertz CT molecular complexity index is 451. The van der Waals surface area contributed by atoms with Crippen LogP contribution in [0.2, 0.25) is 0 Å². The Kier molecular flexibility index (Phi) is 3.54. The van der Waals surface area contributed by atoms with Crippen molar-refractivity contribution < 1.29 is 8.78 Å². The van der Waals surface area contributed by atoms with Gasteiger partial charge in [-0.2, -0.15) is 0 Å². The van der Waals surface area contributed by atoms with Crippen molar-refractivity contribution >= 4 is 0 Å². The van der Waals surface area contributed by atoms with Crippen molar-refractivity contribution in [2.45, 2.75) is 24.7 Å². The van der Waals surface area contributed by atoms with Crippen LogP contribution in [0.3, 0.4) is 0 Å². The highest BCUT2D eigenvalue weighted by Gasteiger charge is 2.40. The van der Waals surface area contributed by atoms with Crippen LogP contribution in [0.15, 0.2) is 18.2 Å². The standard InChI is InChI=1S/C15H20F2N2/c16-13-3-2-12(10-14(13)17)15(4-1-5-15)11-19-8-6-18-7-9-19/h2-3,10,18H,1,4-9,11H2. The molecular formula is C15H20F2N2. The minimum atomic E-state index is -0.750. The number of hydrogen-bond donors (Lipinski definition) is 1. The van der Waals surface area contributed by atoms with Crippen LogP contribution in [0, 0.1) is 11.6 Å². The summed E-state index contributed by atoms with van der Waals surface area (Å²) in [6, 6.07) is 4.43. The Balaban J connectivity index is 1.79. The highest BCUT2D eigenvalue weighted by molar-refractivity contribution is 5.30. The molecule has 1 saturated heterocycles. The molecule has 2 fully saturated rings. The van der Waals surface area contributed by atoms with Gasteiger partial charge in [0, 0.05) is 38.1 Å². The van der Waals surface area contributed by atoms with E-state index in [2.05, 4.69) is 10.2 Å². The molecule has 0 amide bonds. The molecular weight excluding hydrogens is 246 g/mol. The number of nitrogens with one attached hydrogen (secondary N) is 1. The lowest BCUT2D eigenvalue weighted by atomic mass is 9.64. The zero-order valence-electron chi connectivity index (χ0n) is 11.1. The van der Waals surface area contributed by atoms with Crippen molar-refractivity contribution in [3.8, 4) is 0 Å². The molecule has 2 nitrogen and oxygen atoms in total. The maximum absolute atomic E-state index is 13.4. The van der Waals surface area contributed by atoms with Gasteiger partial charge < -0.3 is 5.32 Å². The number of halogens is 2. The van der Waals surface area contributed by atoms with Gasteiger partial charge in [-0.05, 0) is 30.5 Å². The van der Waals surface area contributed by atoms with Gasteiger partial charge in [0.25, 0.3) is 0 Å². The molecule has 104 valence electrons. The van der Waals surface area contributed by atoms with Crippen molar-refractivity contribution in [2.75, 3.05) is 32.7 Å². The first-order chi connectivity index (χ1) is 9.20. The highest BCUT2D eigenvalue weighted by Crippen LogP contribution is 2.44. The first kappa shape index (κ1) is 13.0. The summed E-state index contributed by atoms with van der Waals surface area (Å²) >= 11 is 0. The van der Waals surface area contributed by atoms with E-state index in [0.717, 1.165) is 51.1 Å². The van der Waals surface area contributed by atoms with E-state index in [1.165, 1.54) is 18.6 Å². The van der Waals surface area contributed by atoms with Gasteiger partial charge in [-0.3, -0.25) is 4.90 Å². The van der Waals surface area contributed by atoms with Crippen molar-refractivity contribution in [1.29, 1.82) is 0 Å². The van der Waals surface area contributed by atoms with Gasteiger partial charge in [-0.25, -0.2) is 8.78 Å². The molecule has 0 unspecified atom stereocenters. The first-order valence-corrected chi connectivity index (χ1v) is 7.08. The van der Waals surface area contributed by atoms with Crippen LogP contribution in [0.25, 0.3) is 0 Å². The zero-order valence-corrected chi connectivity index (χ0v) is 11.1. The SMILES string of the molecule is Fc1ccc(C2(CN3CCNCC3)CCC2)cc1F. The van der Waals surface area contributed by atoms with Crippen LogP contribution in [0.1, 0.15) is 24.8 Å². The van der Waals surface area contributed by atoms with Crippen LogP contribution in [0.5, 0.6) is 0 Å². The molecule has 0 radical (unpaired) electrons. The molecule has 1 saturated carbocycles. The maximum Gasteiger partial charge on any atom is 0.159 e. The van der Waals surface area contributed by atoms with E-state index >= 15 is 0 Å². The summed E-state index contributed by atoms with van der Waals surface area (Å²) in [4.78, 5) is 2.44. The van der Waals surface area contributed by atoms with Crippen molar-refractivity contribution in [3.63, 3.8) is 0 Å². The predicted molar refractivity (Wildman–Crippen MR) is 71.2 cm³/mol. The summed E-state index contributed by atoms with van der Waals surface area (Å²) in [7, 11) is 0. The quantitative estimate of drug-likeness (QED) is 0.903. The molecule has 0 spiro atoms. The molecule has 19 heavy (non-hydrogen) atoms. The fraction of sp³-hybridized carbons (Fsp3) is 0.600. The molecule has 0 aromatic heterocycles. The summed E-state index contributed by atoms with van der Waals surface area (Å²) in [6.45, 7) is 5.11. The third kappa shape index (κ3) is 2.51.